The molecule has 0 aliphatic rings. The minimum absolute atomic E-state index is 0.132. The van der Waals surface area contributed by atoms with Gasteiger partial charge in [-0.1, -0.05) is 13.8 Å². The van der Waals surface area contributed by atoms with Crippen LogP contribution in [-0.2, 0) is 4.79 Å². The lowest BCUT2D eigenvalue weighted by Crippen LogP contribution is -2.14. The van der Waals surface area contributed by atoms with E-state index < -0.39 is 0 Å². The number of rotatable bonds is 6. The molecule has 0 radical (unpaired) electrons. The van der Waals surface area contributed by atoms with E-state index in [4.69, 9.17) is 14.1 Å². The predicted molar refractivity (Wildman–Crippen MR) is 80.9 cm³/mol. The molecular formula is C15H19N3O4. The van der Waals surface area contributed by atoms with Gasteiger partial charge in [-0.05, 0) is 34.4 Å². The van der Waals surface area contributed by atoms with Crippen molar-refractivity contribution in [1.29, 1.82) is 0 Å². The summed E-state index contributed by atoms with van der Waals surface area (Å²) in [5.74, 6) is 1.57. The molecule has 0 spiro atoms. The third-order valence-corrected chi connectivity index (χ3v) is 3.00. The number of carbonyl (C=O) groups excluding carboxylic acids is 1. The number of aromatic nitrogens is 2. The Bertz CT molecular complexity index is 652. The van der Waals surface area contributed by atoms with E-state index in [1.54, 1.807) is 32.4 Å². The van der Waals surface area contributed by atoms with Gasteiger partial charge >= 0.3 is 0 Å². The molecule has 7 heteroatoms. The molecule has 0 saturated carbocycles. The number of anilines is 1. The Morgan fingerprint density at radius 3 is 2.59 bits per heavy atom. The van der Waals surface area contributed by atoms with Crippen molar-refractivity contribution >= 4 is 11.7 Å². The minimum Gasteiger partial charge on any atom is -0.493 e. The lowest BCUT2D eigenvalue weighted by molar-refractivity contribution is -0.116. The van der Waals surface area contributed by atoms with Crippen molar-refractivity contribution in [2.24, 2.45) is 5.92 Å². The standard InChI is InChI=1S/C15H19N3O4/c1-9(2)7-13(19)16-15-14(17-22-18-15)10-5-6-11(20-3)12(8-10)21-4/h5-6,8-9H,7H2,1-4H3,(H,16,18,19). The average Bonchev–Trinajstić information content (AvgIpc) is 2.93. The Balaban J connectivity index is 2.27. The van der Waals surface area contributed by atoms with E-state index in [0.29, 0.717) is 29.2 Å². The van der Waals surface area contributed by atoms with Crippen LogP contribution in [0.5, 0.6) is 11.5 Å². The summed E-state index contributed by atoms with van der Waals surface area (Å²) < 4.78 is 15.2. The monoisotopic (exact) mass is 305 g/mol. The topological polar surface area (TPSA) is 86.5 Å². The normalized spacial score (nSPS) is 10.6. The van der Waals surface area contributed by atoms with E-state index >= 15 is 0 Å². The second kappa shape index (κ2) is 6.93. The van der Waals surface area contributed by atoms with E-state index in [0.717, 1.165) is 0 Å². The van der Waals surface area contributed by atoms with Crippen LogP contribution in [0.25, 0.3) is 11.3 Å². The van der Waals surface area contributed by atoms with Crippen LogP contribution in [0.2, 0.25) is 0 Å². The van der Waals surface area contributed by atoms with Gasteiger partial charge in [0.1, 0.15) is 0 Å². The van der Waals surface area contributed by atoms with Gasteiger partial charge in [0.25, 0.3) is 0 Å². The third-order valence-electron chi connectivity index (χ3n) is 3.00. The maximum Gasteiger partial charge on any atom is 0.225 e. The predicted octanol–water partition coefficient (Wildman–Crippen LogP) is 2.74. The Hall–Kier alpha value is -2.57. The molecule has 0 bridgehead atoms. The maximum absolute atomic E-state index is 11.9. The van der Waals surface area contributed by atoms with E-state index in [1.165, 1.54) is 0 Å². The number of benzene rings is 1. The molecular weight excluding hydrogens is 286 g/mol. The molecule has 2 rings (SSSR count). The van der Waals surface area contributed by atoms with Crippen molar-refractivity contribution in [2.75, 3.05) is 19.5 Å². The number of hydrogen-bond acceptors (Lipinski definition) is 6. The van der Waals surface area contributed by atoms with Crippen molar-refractivity contribution in [3.05, 3.63) is 18.2 Å². The number of amides is 1. The molecule has 1 aromatic carbocycles. The van der Waals surface area contributed by atoms with Crippen molar-refractivity contribution in [3.8, 4) is 22.8 Å². The van der Waals surface area contributed by atoms with Gasteiger partial charge in [-0.15, -0.1) is 0 Å². The first-order chi connectivity index (χ1) is 10.5. The van der Waals surface area contributed by atoms with Gasteiger partial charge in [0.15, 0.2) is 17.2 Å². The summed E-state index contributed by atoms with van der Waals surface area (Å²) in [6.45, 7) is 3.94. The molecule has 7 nitrogen and oxygen atoms in total. The van der Waals surface area contributed by atoms with Crippen molar-refractivity contribution in [1.82, 2.24) is 10.3 Å². The smallest absolute Gasteiger partial charge is 0.225 e. The zero-order chi connectivity index (χ0) is 16.1. The van der Waals surface area contributed by atoms with Gasteiger partial charge in [-0.3, -0.25) is 4.79 Å². The number of nitrogens with one attached hydrogen (secondary N) is 1. The Kier molecular flexibility index (Phi) is 4.98. The Morgan fingerprint density at radius 1 is 1.23 bits per heavy atom. The first kappa shape index (κ1) is 15.8. The minimum atomic E-state index is -0.132. The molecule has 0 aliphatic carbocycles. The van der Waals surface area contributed by atoms with Gasteiger partial charge in [0.2, 0.25) is 11.7 Å². The first-order valence-corrected chi connectivity index (χ1v) is 6.90. The SMILES string of the molecule is COc1ccc(-c2nonc2NC(=O)CC(C)C)cc1OC. The summed E-state index contributed by atoms with van der Waals surface area (Å²) >= 11 is 0. The zero-order valence-corrected chi connectivity index (χ0v) is 13.0. The molecule has 22 heavy (non-hydrogen) atoms. The summed E-state index contributed by atoms with van der Waals surface area (Å²) in [4.78, 5) is 11.9. The highest BCUT2D eigenvalue weighted by Crippen LogP contribution is 2.33. The van der Waals surface area contributed by atoms with Crippen molar-refractivity contribution in [2.45, 2.75) is 20.3 Å². The number of ether oxygens (including phenoxy) is 2. The van der Waals surface area contributed by atoms with Crippen LogP contribution in [0, 0.1) is 5.92 Å². The number of nitrogens with zero attached hydrogens (tertiary/aromatic N) is 2. The summed E-state index contributed by atoms with van der Waals surface area (Å²) in [5, 5.41) is 10.3. The molecule has 0 fully saturated rings. The highest BCUT2D eigenvalue weighted by Gasteiger charge is 2.17. The fraction of sp³-hybridized carbons (Fsp3) is 0.400. The Morgan fingerprint density at radius 2 is 1.95 bits per heavy atom. The molecule has 1 heterocycles. The summed E-state index contributed by atoms with van der Waals surface area (Å²) in [6, 6.07) is 5.29. The first-order valence-electron chi connectivity index (χ1n) is 6.90. The Labute approximate surface area is 128 Å². The van der Waals surface area contributed by atoms with Crippen LogP contribution in [0.15, 0.2) is 22.8 Å². The molecule has 0 aliphatic heterocycles. The van der Waals surface area contributed by atoms with E-state index in [2.05, 4.69) is 15.6 Å². The van der Waals surface area contributed by atoms with E-state index in [9.17, 15) is 4.79 Å². The average molecular weight is 305 g/mol. The molecule has 0 atom stereocenters. The fourth-order valence-electron chi connectivity index (χ4n) is 2.00. The lowest BCUT2D eigenvalue weighted by atomic mass is 10.1. The van der Waals surface area contributed by atoms with Gasteiger partial charge in [0.05, 0.1) is 14.2 Å². The molecule has 1 amide bonds. The summed E-state index contributed by atoms with van der Waals surface area (Å²) in [5.41, 5.74) is 1.15. The number of carbonyl (C=O) groups is 1. The van der Waals surface area contributed by atoms with Gasteiger partial charge < -0.3 is 14.8 Å². The highest BCUT2D eigenvalue weighted by atomic mass is 16.6. The van der Waals surface area contributed by atoms with Crippen LogP contribution >= 0.6 is 0 Å². The van der Waals surface area contributed by atoms with Crippen LogP contribution in [0.1, 0.15) is 20.3 Å². The van der Waals surface area contributed by atoms with Crippen molar-refractivity contribution in [3.63, 3.8) is 0 Å². The molecule has 0 saturated heterocycles. The second-order valence-corrected chi connectivity index (χ2v) is 5.18. The molecule has 1 N–H and O–H groups in total. The second-order valence-electron chi connectivity index (χ2n) is 5.18. The third kappa shape index (κ3) is 3.55. The van der Waals surface area contributed by atoms with Crippen LogP contribution in [-0.4, -0.2) is 30.4 Å². The highest BCUT2D eigenvalue weighted by molar-refractivity contribution is 5.93. The molecule has 2 aromatic rings. The largest absolute Gasteiger partial charge is 0.493 e. The molecule has 118 valence electrons. The quantitative estimate of drug-likeness (QED) is 0.883. The lowest BCUT2D eigenvalue weighted by Gasteiger charge is -2.09. The van der Waals surface area contributed by atoms with Gasteiger partial charge in [-0.25, -0.2) is 4.63 Å². The zero-order valence-electron chi connectivity index (χ0n) is 13.0. The molecule has 1 aromatic heterocycles. The van der Waals surface area contributed by atoms with Gasteiger partial charge in [-0.2, -0.15) is 0 Å². The maximum atomic E-state index is 11.9. The molecule has 0 unspecified atom stereocenters. The van der Waals surface area contributed by atoms with E-state index in [-0.39, 0.29) is 17.6 Å². The van der Waals surface area contributed by atoms with E-state index in [1.807, 2.05) is 13.8 Å². The van der Waals surface area contributed by atoms with Crippen LogP contribution in [0.3, 0.4) is 0 Å². The van der Waals surface area contributed by atoms with Crippen LogP contribution < -0.4 is 14.8 Å². The number of methoxy groups -OCH3 is 2. The van der Waals surface area contributed by atoms with Crippen LogP contribution in [0.4, 0.5) is 5.82 Å². The summed E-state index contributed by atoms with van der Waals surface area (Å²) in [7, 11) is 3.11. The van der Waals surface area contributed by atoms with Crippen molar-refractivity contribution < 1.29 is 18.9 Å². The number of hydrogen-bond donors (Lipinski definition) is 1. The summed E-state index contributed by atoms with van der Waals surface area (Å²) in [6.07, 6.45) is 0.401. The van der Waals surface area contributed by atoms with Gasteiger partial charge in [0, 0.05) is 12.0 Å². The fourth-order valence-corrected chi connectivity index (χ4v) is 2.00.